The highest BCUT2D eigenvalue weighted by Crippen LogP contribution is 2.49. The summed E-state index contributed by atoms with van der Waals surface area (Å²) in [6.07, 6.45) is 0. The monoisotopic (exact) mass is 1110 g/mol. The van der Waals surface area contributed by atoms with Gasteiger partial charge < -0.3 is 13.7 Å². The topological polar surface area (TPSA) is 14.8 Å². The molecule has 3 aromatic heterocycles. The number of benzene rings is 9. The molecular weight excluding hydrogens is 1030 g/mol. The van der Waals surface area contributed by atoms with Crippen LogP contribution in [-0.2, 0) is 21.7 Å². The molecule has 0 aliphatic carbocycles. The standard InChI is InChI=1S/C79H80BN3Si/c1-42(2)45-20-19-21-52(32-45)81-62-33-46(43(3)4)22-26-55(62)69-64(81)41-60-74-70(69)56-27-23-47(44(5)6)34-63(56)82(74)61-30-31-65-75-71(61)80(60)59-37-50(78(13,14)15)35-57-58-36-51(79(16,17)18)40-68(73(58)83(75)72(57)59)84(65)66-38-48(76(7,8)9)24-28-53(66)54-29-25-49(39-67(54)84)77(10,11)12/h19-44H,1-18H3. The lowest BCUT2D eigenvalue weighted by Gasteiger charge is -2.43. The van der Waals surface area contributed by atoms with Crippen molar-refractivity contribution in [1.82, 2.24) is 13.7 Å². The van der Waals surface area contributed by atoms with Crippen molar-refractivity contribution in [2.45, 2.75) is 164 Å². The van der Waals surface area contributed by atoms with Gasteiger partial charge in [0.25, 0.3) is 6.71 Å². The van der Waals surface area contributed by atoms with E-state index in [1.165, 1.54) is 154 Å². The van der Waals surface area contributed by atoms with E-state index in [2.05, 4.69) is 278 Å². The van der Waals surface area contributed by atoms with Crippen LogP contribution in [0.2, 0.25) is 0 Å². The Balaban J connectivity index is 1.17. The summed E-state index contributed by atoms with van der Waals surface area (Å²) in [5.74, 6) is 1.14. The van der Waals surface area contributed by atoms with Crippen LogP contribution in [0.3, 0.4) is 0 Å². The van der Waals surface area contributed by atoms with Gasteiger partial charge in [-0.25, -0.2) is 0 Å². The van der Waals surface area contributed by atoms with Gasteiger partial charge in [-0.3, -0.25) is 0 Å². The molecule has 0 fully saturated rings. The number of aromatic nitrogens is 3. The zero-order valence-electron chi connectivity index (χ0n) is 52.9. The van der Waals surface area contributed by atoms with E-state index in [9.17, 15) is 0 Å². The third-order valence-corrected chi connectivity index (χ3v) is 25.8. The summed E-state index contributed by atoms with van der Waals surface area (Å²) in [7, 11) is -3.22. The van der Waals surface area contributed by atoms with Gasteiger partial charge in [0, 0.05) is 54.9 Å². The zero-order chi connectivity index (χ0) is 58.7. The second-order valence-electron chi connectivity index (χ2n) is 31.2. The molecule has 0 radical (unpaired) electrons. The van der Waals surface area contributed by atoms with E-state index in [0.717, 1.165) is 0 Å². The Hall–Kier alpha value is -7.34. The molecule has 0 bridgehead atoms. The highest BCUT2D eigenvalue weighted by molar-refractivity contribution is 7.24. The van der Waals surface area contributed by atoms with Crippen LogP contribution in [0.15, 0.2) is 140 Å². The summed E-state index contributed by atoms with van der Waals surface area (Å²) < 4.78 is 8.30. The molecule has 3 nitrogen and oxygen atoms in total. The molecule has 0 saturated carbocycles. The highest BCUT2D eigenvalue weighted by Gasteiger charge is 2.57. The maximum absolute atomic E-state index is 3.22. The van der Waals surface area contributed by atoms with Crippen molar-refractivity contribution < 1.29 is 0 Å². The minimum atomic E-state index is -3.22. The Labute approximate surface area is 498 Å². The van der Waals surface area contributed by atoms with Gasteiger partial charge in [-0.1, -0.05) is 216 Å². The van der Waals surface area contributed by atoms with Gasteiger partial charge in [-0.05, 0) is 175 Å². The van der Waals surface area contributed by atoms with Gasteiger partial charge in [0.1, 0.15) is 0 Å². The smallest absolute Gasteiger partial charge is 0.252 e. The van der Waals surface area contributed by atoms with Crippen molar-refractivity contribution in [3.05, 3.63) is 178 Å². The van der Waals surface area contributed by atoms with Gasteiger partial charge in [0.2, 0.25) is 0 Å². The van der Waals surface area contributed by atoms with E-state index < -0.39 is 8.07 Å². The molecule has 5 heteroatoms. The summed E-state index contributed by atoms with van der Waals surface area (Å²) >= 11 is 0. The first-order valence-electron chi connectivity index (χ1n) is 31.5. The van der Waals surface area contributed by atoms with Crippen LogP contribution in [-0.4, -0.2) is 28.5 Å². The van der Waals surface area contributed by atoms with Crippen LogP contribution in [0, 0.1) is 0 Å². The quantitative estimate of drug-likeness (QED) is 0.156. The summed E-state index contributed by atoms with van der Waals surface area (Å²) in [5.41, 5.74) is 28.6. The molecule has 0 N–H and O–H groups in total. The van der Waals surface area contributed by atoms with Crippen molar-refractivity contribution in [3.8, 4) is 28.2 Å². The molecule has 4 aliphatic heterocycles. The third kappa shape index (κ3) is 6.60. The first-order valence-corrected chi connectivity index (χ1v) is 33.5. The van der Waals surface area contributed by atoms with Crippen molar-refractivity contribution in [1.29, 1.82) is 0 Å². The fourth-order valence-corrected chi connectivity index (χ4v) is 21.9. The minimum Gasteiger partial charge on any atom is -0.310 e. The van der Waals surface area contributed by atoms with E-state index in [4.69, 9.17) is 0 Å². The van der Waals surface area contributed by atoms with Crippen molar-refractivity contribution >= 4 is 117 Å². The lowest BCUT2D eigenvalue weighted by atomic mass is 9.34. The van der Waals surface area contributed by atoms with Gasteiger partial charge in [-0.2, -0.15) is 0 Å². The molecule has 84 heavy (non-hydrogen) atoms. The van der Waals surface area contributed by atoms with Gasteiger partial charge >= 0.3 is 0 Å². The van der Waals surface area contributed by atoms with E-state index >= 15 is 0 Å². The predicted molar refractivity (Wildman–Crippen MR) is 367 cm³/mol. The minimum absolute atomic E-state index is 0.0464. The SMILES string of the molecule is CC(C)c1cccc(-n2c3cc(C(C)C)ccc3c3c4c5ccc(C(C)C)cc5n5c4c(cc32)B2c3c-5ccc4c3-n3c5c2cc(C(C)(C)C)cc5c2cc(C(C)(C)C)cc(c23)[Si]42c3cc(C(C)(C)C)ccc3-c3ccc(C(C)(C)C)cc32)c1. The first-order chi connectivity index (χ1) is 39.7. The fraction of sp³-hybridized carbons (Fsp3) is 0.316. The molecule has 418 valence electrons. The van der Waals surface area contributed by atoms with Gasteiger partial charge in [0.05, 0.1) is 27.6 Å². The Morgan fingerprint density at radius 3 is 1.45 bits per heavy atom. The Kier molecular flexibility index (Phi) is 10.3. The van der Waals surface area contributed by atoms with E-state index in [-0.39, 0.29) is 28.4 Å². The number of hydrogen-bond donors (Lipinski definition) is 0. The summed E-state index contributed by atoms with van der Waals surface area (Å²) in [6.45, 7) is 43.1. The second kappa shape index (κ2) is 16.5. The Morgan fingerprint density at radius 2 is 0.881 bits per heavy atom. The molecule has 0 amide bonds. The second-order valence-corrected chi connectivity index (χ2v) is 34.8. The Morgan fingerprint density at radius 1 is 0.369 bits per heavy atom. The third-order valence-electron chi connectivity index (χ3n) is 20.9. The van der Waals surface area contributed by atoms with Crippen LogP contribution in [0.25, 0.3) is 93.6 Å². The number of fused-ring (bicyclic) bond motifs is 18. The molecule has 9 aromatic carbocycles. The lowest BCUT2D eigenvalue weighted by Crippen LogP contribution is -2.77. The Bertz CT molecular complexity index is 4910. The van der Waals surface area contributed by atoms with Gasteiger partial charge in [-0.15, -0.1) is 0 Å². The number of hydrogen-bond acceptors (Lipinski definition) is 0. The maximum atomic E-state index is 2.86. The number of nitrogens with zero attached hydrogens (tertiary/aromatic N) is 3. The van der Waals surface area contributed by atoms with E-state index in [0.29, 0.717) is 17.8 Å². The first kappa shape index (κ1) is 52.2. The molecule has 0 atom stereocenters. The highest BCUT2D eigenvalue weighted by atomic mass is 28.3. The zero-order valence-corrected chi connectivity index (χ0v) is 53.9. The van der Waals surface area contributed by atoms with Crippen LogP contribution in [0.5, 0.6) is 0 Å². The van der Waals surface area contributed by atoms with E-state index in [1.54, 1.807) is 15.6 Å². The number of rotatable bonds is 4. The summed E-state index contributed by atoms with van der Waals surface area (Å²) in [5, 5.41) is 14.4. The van der Waals surface area contributed by atoms with Crippen LogP contribution >= 0.6 is 0 Å². The van der Waals surface area contributed by atoms with Crippen molar-refractivity contribution in [3.63, 3.8) is 0 Å². The van der Waals surface area contributed by atoms with Crippen molar-refractivity contribution in [2.75, 3.05) is 0 Å². The van der Waals surface area contributed by atoms with Gasteiger partial charge in [0.15, 0.2) is 8.07 Å². The van der Waals surface area contributed by atoms with E-state index in [1.807, 2.05) is 0 Å². The van der Waals surface area contributed by atoms with Crippen molar-refractivity contribution in [2.24, 2.45) is 0 Å². The molecule has 0 saturated heterocycles. The fourth-order valence-electron chi connectivity index (χ4n) is 16.2. The molecule has 7 heterocycles. The molecule has 16 rings (SSSR count). The summed E-state index contributed by atoms with van der Waals surface area (Å²) in [6, 6.07) is 58.4. The maximum Gasteiger partial charge on any atom is 0.252 e. The lowest BCUT2D eigenvalue weighted by molar-refractivity contribution is 0.590. The largest absolute Gasteiger partial charge is 0.310 e. The molecule has 0 unspecified atom stereocenters. The summed E-state index contributed by atoms with van der Waals surface area (Å²) in [4.78, 5) is 0. The molecule has 12 aromatic rings. The molecule has 1 spiro atoms. The average molecular weight is 1110 g/mol. The average Bonchev–Trinajstić information content (AvgIpc) is 1.44. The predicted octanol–water partition coefficient (Wildman–Crippen LogP) is 16.4. The van der Waals surface area contributed by atoms with Crippen LogP contribution in [0.4, 0.5) is 0 Å². The van der Waals surface area contributed by atoms with Crippen LogP contribution < -0.4 is 37.1 Å². The van der Waals surface area contributed by atoms with Crippen LogP contribution in [0.1, 0.15) is 181 Å². The normalized spacial score (nSPS) is 14.9. The molecule has 4 aliphatic rings. The molecular formula is C79H80BN3Si.